The number of benzene rings is 1. The van der Waals surface area contributed by atoms with Gasteiger partial charge in [0.05, 0.1) is 19.9 Å². The van der Waals surface area contributed by atoms with Gasteiger partial charge in [0, 0.05) is 19.3 Å². The Morgan fingerprint density at radius 1 is 1.23 bits per heavy atom. The zero-order valence-electron chi connectivity index (χ0n) is 14.4. The molecule has 0 atom stereocenters. The predicted molar refractivity (Wildman–Crippen MR) is 94.0 cm³/mol. The average Bonchev–Trinajstić information content (AvgIpc) is 3.28. The van der Waals surface area contributed by atoms with Crippen LogP contribution in [-0.4, -0.2) is 60.5 Å². The topological polar surface area (TPSA) is 113 Å². The van der Waals surface area contributed by atoms with Crippen LogP contribution in [0.2, 0.25) is 0 Å². The van der Waals surface area contributed by atoms with Crippen LogP contribution in [0.4, 0.5) is 0 Å². The lowest BCUT2D eigenvalue weighted by atomic mass is 10.2. The molecule has 0 unspecified atom stereocenters. The Kier molecular flexibility index (Phi) is 5.79. The third-order valence-electron chi connectivity index (χ3n) is 3.47. The summed E-state index contributed by atoms with van der Waals surface area (Å²) in [4.78, 5) is 12.1. The van der Waals surface area contributed by atoms with Crippen molar-refractivity contribution in [3.8, 4) is 5.75 Å². The molecule has 0 radical (unpaired) electrons. The summed E-state index contributed by atoms with van der Waals surface area (Å²) in [5, 5.41) is 22.6. The van der Waals surface area contributed by atoms with E-state index in [2.05, 4.69) is 31.2 Å². The quantitative estimate of drug-likeness (QED) is 0.445. The summed E-state index contributed by atoms with van der Waals surface area (Å²) < 4.78 is 8.33. The van der Waals surface area contributed by atoms with Crippen molar-refractivity contribution in [1.82, 2.24) is 40.5 Å². The second-order valence-electron chi connectivity index (χ2n) is 5.34. The standard InChI is InChI=1S/C15H18N8O2S/c1-22-15(18-19-21-22)26-8-7-16-14(24)13-10-23(20-17-13)9-11-3-5-12(25-2)6-4-11/h3-6,10H,7-9H2,1-2H3,(H,16,24). The molecular formula is C15H18N8O2S. The van der Waals surface area contributed by atoms with Crippen molar-refractivity contribution in [2.24, 2.45) is 7.05 Å². The lowest BCUT2D eigenvalue weighted by Crippen LogP contribution is -2.26. The normalized spacial score (nSPS) is 10.7. The van der Waals surface area contributed by atoms with Gasteiger partial charge in [-0.2, -0.15) is 0 Å². The van der Waals surface area contributed by atoms with Gasteiger partial charge in [-0.15, -0.1) is 10.2 Å². The fraction of sp³-hybridized carbons (Fsp3) is 0.333. The molecular weight excluding hydrogens is 356 g/mol. The number of tetrazole rings is 1. The van der Waals surface area contributed by atoms with E-state index < -0.39 is 0 Å². The molecule has 0 saturated heterocycles. The van der Waals surface area contributed by atoms with Crippen molar-refractivity contribution in [1.29, 1.82) is 0 Å². The molecule has 11 heteroatoms. The maximum absolute atomic E-state index is 12.1. The zero-order valence-corrected chi connectivity index (χ0v) is 15.2. The number of thioether (sulfide) groups is 1. The molecule has 2 heterocycles. The van der Waals surface area contributed by atoms with Crippen LogP contribution in [0, 0.1) is 0 Å². The zero-order chi connectivity index (χ0) is 18.4. The van der Waals surface area contributed by atoms with Crippen molar-refractivity contribution < 1.29 is 9.53 Å². The minimum absolute atomic E-state index is 0.261. The molecule has 136 valence electrons. The molecule has 0 aliphatic rings. The Balaban J connectivity index is 1.47. The Morgan fingerprint density at radius 2 is 2.04 bits per heavy atom. The molecule has 0 spiro atoms. The van der Waals surface area contributed by atoms with Crippen LogP contribution in [0.3, 0.4) is 0 Å². The third-order valence-corrected chi connectivity index (χ3v) is 4.49. The highest BCUT2D eigenvalue weighted by molar-refractivity contribution is 7.99. The van der Waals surface area contributed by atoms with E-state index in [0.29, 0.717) is 24.0 Å². The van der Waals surface area contributed by atoms with Crippen LogP contribution in [0.1, 0.15) is 16.1 Å². The highest BCUT2D eigenvalue weighted by Gasteiger charge is 2.11. The SMILES string of the molecule is COc1ccc(Cn2cc(C(=O)NCCSc3nnnn3C)nn2)cc1. The Hall–Kier alpha value is -2.95. The Bertz CT molecular complexity index is 861. The first kappa shape index (κ1) is 17.9. The van der Waals surface area contributed by atoms with Crippen molar-refractivity contribution in [2.75, 3.05) is 19.4 Å². The number of methoxy groups -OCH3 is 1. The molecule has 10 nitrogen and oxygen atoms in total. The van der Waals surface area contributed by atoms with Gasteiger partial charge in [-0.05, 0) is 28.1 Å². The number of hydrogen-bond donors (Lipinski definition) is 1. The van der Waals surface area contributed by atoms with Gasteiger partial charge in [0.2, 0.25) is 5.16 Å². The van der Waals surface area contributed by atoms with E-state index in [0.717, 1.165) is 11.3 Å². The summed E-state index contributed by atoms with van der Waals surface area (Å²) in [6.07, 6.45) is 1.62. The van der Waals surface area contributed by atoms with Gasteiger partial charge in [0.25, 0.3) is 5.91 Å². The minimum Gasteiger partial charge on any atom is -0.497 e. The largest absolute Gasteiger partial charge is 0.497 e. The average molecular weight is 374 g/mol. The second-order valence-corrected chi connectivity index (χ2v) is 6.40. The van der Waals surface area contributed by atoms with Crippen molar-refractivity contribution in [3.63, 3.8) is 0 Å². The predicted octanol–water partition coefficient (Wildman–Crippen LogP) is 0.381. The molecule has 2 aromatic heterocycles. The second kappa shape index (κ2) is 8.43. The molecule has 0 aliphatic heterocycles. The molecule has 0 aliphatic carbocycles. The number of nitrogens with one attached hydrogen (secondary N) is 1. The Labute approximate surface area is 153 Å². The maximum atomic E-state index is 12.1. The van der Waals surface area contributed by atoms with E-state index in [4.69, 9.17) is 4.74 Å². The number of aromatic nitrogens is 7. The van der Waals surface area contributed by atoms with E-state index in [9.17, 15) is 4.79 Å². The van der Waals surface area contributed by atoms with Gasteiger partial charge in [0.1, 0.15) is 5.75 Å². The fourth-order valence-electron chi connectivity index (χ4n) is 2.14. The van der Waals surface area contributed by atoms with Crippen LogP contribution in [0.25, 0.3) is 0 Å². The van der Waals surface area contributed by atoms with Gasteiger partial charge in [-0.3, -0.25) is 4.79 Å². The van der Waals surface area contributed by atoms with Crippen molar-refractivity contribution in [2.45, 2.75) is 11.7 Å². The first-order valence-corrected chi connectivity index (χ1v) is 8.80. The minimum atomic E-state index is -0.261. The van der Waals surface area contributed by atoms with Crippen LogP contribution >= 0.6 is 11.8 Å². The summed E-state index contributed by atoms with van der Waals surface area (Å²) >= 11 is 1.46. The number of aryl methyl sites for hydroxylation is 1. The summed E-state index contributed by atoms with van der Waals surface area (Å²) in [5.41, 5.74) is 1.32. The maximum Gasteiger partial charge on any atom is 0.273 e. The molecule has 0 bridgehead atoms. The molecule has 3 rings (SSSR count). The van der Waals surface area contributed by atoms with Gasteiger partial charge in [-0.25, -0.2) is 9.36 Å². The van der Waals surface area contributed by atoms with Gasteiger partial charge >= 0.3 is 0 Å². The number of carbonyl (C=O) groups is 1. The first-order chi connectivity index (χ1) is 12.7. The fourth-order valence-corrected chi connectivity index (χ4v) is 2.84. The number of nitrogens with zero attached hydrogens (tertiary/aromatic N) is 7. The van der Waals surface area contributed by atoms with Crippen LogP contribution in [-0.2, 0) is 13.6 Å². The van der Waals surface area contributed by atoms with Gasteiger partial charge in [0.15, 0.2) is 5.69 Å². The van der Waals surface area contributed by atoms with Crippen LogP contribution in [0.5, 0.6) is 5.75 Å². The van der Waals surface area contributed by atoms with E-state index in [1.54, 1.807) is 29.7 Å². The van der Waals surface area contributed by atoms with E-state index >= 15 is 0 Å². The van der Waals surface area contributed by atoms with Crippen LogP contribution < -0.4 is 10.1 Å². The molecule has 0 saturated carbocycles. The van der Waals surface area contributed by atoms with Crippen molar-refractivity contribution in [3.05, 3.63) is 41.7 Å². The van der Waals surface area contributed by atoms with E-state index in [-0.39, 0.29) is 11.6 Å². The highest BCUT2D eigenvalue weighted by Crippen LogP contribution is 2.12. The summed E-state index contributed by atoms with van der Waals surface area (Å²) in [6.45, 7) is 1.00. The molecule has 1 N–H and O–H groups in total. The molecule has 3 aromatic rings. The van der Waals surface area contributed by atoms with Gasteiger partial charge < -0.3 is 10.1 Å². The van der Waals surface area contributed by atoms with Crippen LogP contribution in [0.15, 0.2) is 35.6 Å². The smallest absolute Gasteiger partial charge is 0.273 e. The van der Waals surface area contributed by atoms with Gasteiger partial charge in [-0.1, -0.05) is 29.1 Å². The summed E-state index contributed by atoms with van der Waals surface area (Å²) in [6, 6.07) is 7.64. The first-order valence-electron chi connectivity index (χ1n) is 7.82. The number of ether oxygens (including phenoxy) is 1. The Morgan fingerprint density at radius 3 is 2.73 bits per heavy atom. The van der Waals surface area contributed by atoms with E-state index in [1.165, 1.54) is 11.8 Å². The molecule has 26 heavy (non-hydrogen) atoms. The highest BCUT2D eigenvalue weighted by atomic mass is 32.2. The summed E-state index contributed by atoms with van der Waals surface area (Å²) in [5.74, 6) is 1.19. The van der Waals surface area contributed by atoms with E-state index in [1.807, 2.05) is 24.3 Å². The molecule has 1 aromatic carbocycles. The summed E-state index contributed by atoms with van der Waals surface area (Å²) in [7, 11) is 3.39. The number of rotatable bonds is 8. The number of carbonyl (C=O) groups excluding carboxylic acids is 1. The number of hydrogen-bond acceptors (Lipinski definition) is 8. The monoisotopic (exact) mass is 374 g/mol. The molecule has 0 fully saturated rings. The molecule has 1 amide bonds. The lowest BCUT2D eigenvalue weighted by molar-refractivity contribution is 0.0951. The third kappa shape index (κ3) is 4.57. The van der Waals surface area contributed by atoms with Crippen molar-refractivity contribution >= 4 is 17.7 Å². The number of amides is 1. The lowest BCUT2D eigenvalue weighted by Gasteiger charge is -2.03.